The molecule has 0 spiro atoms. The van der Waals surface area contributed by atoms with Gasteiger partial charge in [-0.05, 0) is 19.3 Å². The van der Waals surface area contributed by atoms with E-state index in [1.807, 2.05) is 0 Å². The molecule has 0 aliphatic carbocycles. The zero-order valence-corrected chi connectivity index (χ0v) is 13.5. The predicted octanol–water partition coefficient (Wildman–Crippen LogP) is -0.701. The monoisotopic (exact) mass is 331 g/mol. The summed E-state index contributed by atoms with van der Waals surface area (Å²) in [5, 5.41) is 22.6. The predicted molar refractivity (Wildman–Crippen MR) is 81.5 cm³/mol. The molecule has 9 nitrogen and oxygen atoms in total. The molecule has 0 aliphatic heterocycles. The van der Waals surface area contributed by atoms with E-state index in [4.69, 9.17) is 10.8 Å². The third-order valence-electron chi connectivity index (χ3n) is 3.47. The number of rotatable bonds is 10. The molecule has 0 heterocycles. The first-order valence-corrected chi connectivity index (χ1v) is 7.41. The Balaban J connectivity index is 5.04. The van der Waals surface area contributed by atoms with Crippen LogP contribution in [0, 0.1) is 5.92 Å². The SMILES string of the molecule is CC[C@H](C)[C@H](NC(=O)[C@H](CCC(=O)O)NC(=O)[C@H](C)N)C(=O)O. The number of amides is 2. The van der Waals surface area contributed by atoms with Gasteiger partial charge in [0.05, 0.1) is 6.04 Å². The van der Waals surface area contributed by atoms with E-state index in [-0.39, 0.29) is 18.8 Å². The van der Waals surface area contributed by atoms with Crippen LogP contribution in [0.15, 0.2) is 0 Å². The highest BCUT2D eigenvalue weighted by molar-refractivity contribution is 5.91. The second-order valence-corrected chi connectivity index (χ2v) is 5.49. The zero-order chi connectivity index (χ0) is 18.2. The molecule has 4 atom stereocenters. The number of carboxylic acid groups (broad SMARTS) is 2. The Morgan fingerprint density at radius 3 is 2.00 bits per heavy atom. The van der Waals surface area contributed by atoms with E-state index < -0.39 is 41.9 Å². The Kier molecular flexibility index (Phi) is 8.86. The second-order valence-electron chi connectivity index (χ2n) is 5.49. The average Bonchev–Trinajstić information content (AvgIpc) is 2.46. The van der Waals surface area contributed by atoms with Gasteiger partial charge >= 0.3 is 11.9 Å². The normalized spacial score (nSPS) is 15.8. The molecular formula is C14H25N3O6. The first kappa shape index (κ1) is 20.8. The van der Waals surface area contributed by atoms with Gasteiger partial charge in [-0.25, -0.2) is 4.79 Å². The molecule has 0 rings (SSSR count). The lowest BCUT2D eigenvalue weighted by Gasteiger charge is -2.24. The van der Waals surface area contributed by atoms with Gasteiger partial charge in [0.2, 0.25) is 11.8 Å². The van der Waals surface area contributed by atoms with E-state index in [9.17, 15) is 24.3 Å². The van der Waals surface area contributed by atoms with Gasteiger partial charge in [-0.1, -0.05) is 20.3 Å². The van der Waals surface area contributed by atoms with E-state index in [2.05, 4.69) is 10.6 Å². The van der Waals surface area contributed by atoms with Gasteiger partial charge < -0.3 is 26.6 Å². The molecule has 0 saturated heterocycles. The average molecular weight is 331 g/mol. The number of nitrogens with two attached hydrogens (primary N) is 1. The minimum atomic E-state index is -1.19. The van der Waals surface area contributed by atoms with Crippen LogP contribution in [0.4, 0.5) is 0 Å². The van der Waals surface area contributed by atoms with Crippen LogP contribution < -0.4 is 16.4 Å². The maximum atomic E-state index is 12.2. The van der Waals surface area contributed by atoms with Crippen LogP contribution >= 0.6 is 0 Å². The van der Waals surface area contributed by atoms with Gasteiger partial charge in [-0.15, -0.1) is 0 Å². The maximum absolute atomic E-state index is 12.2. The smallest absolute Gasteiger partial charge is 0.326 e. The summed E-state index contributed by atoms with van der Waals surface area (Å²) in [6.07, 6.45) is 0.0219. The molecule has 2 amide bonds. The molecule has 0 fully saturated rings. The van der Waals surface area contributed by atoms with Gasteiger partial charge in [0.25, 0.3) is 0 Å². The molecule has 0 bridgehead atoms. The quantitative estimate of drug-likeness (QED) is 0.354. The van der Waals surface area contributed by atoms with E-state index in [1.54, 1.807) is 13.8 Å². The highest BCUT2D eigenvalue weighted by Gasteiger charge is 2.30. The van der Waals surface area contributed by atoms with E-state index >= 15 is 0 Å². The third kappa shape index (κ3) is 7.59. The molecule has 0 unspecified atom stereocenters. The van der Waals surface area contributed by atoms with Crippen molar-refractivity contribution in [2.75, 3.05) is 0 Å². The molecule has 0 aromatic carbocycles. The van der Waals surface area contributed by atoms with Crippen molar-refractivity contribution in [1.82, 2.24) is 10.6 Å². The lowest BCUT2D eigenvalue weighted by Crippen LogP contribution is -2.55. The van der Waals surface area contributed by atoms with Gasteiger partial charge in [-0.3, -0.25) is 14.4 Å². The van der Waals surface area contributed by atoms with E-state index in [0.717, 1.165) is 0 Å². The van der Waals surface area contributed by atoms with Gasteiger partial charge in [0, 0.05) is 6.42 Å². The summed E-state index contributed by atoms with van der Waals surface area (Å²) in [5.74, 6) is -4.00. The fourth-order valence-corrected chi connectivity index (χ4v) is 1.78. The van der Waals surface area contributed by atoms with Crippen molar-refractivity contribution in [2.24, 2.45) is 11.7 Å². The van der Waals surface area contributed by atoms with Crippen LogP contribution in [0.3, 0.4) is 0 Å². The van der Waals surface area contributed by atoms with Crippen LogP contribution in [-0.2, 0) is 19.2 Å². The molecular weight excluding hydrogens is 306 g/mol. The summed E-state index contributed by atoms with van der Waals surface area (Å²) in [4.78, 5) is 45.8. The van der Waals surface area contributed by atoms with Crippen molar-refractivity contribution in [1.29, 1.82) is 0 Å². The molecule has 23 heavy (non-hydrogen) atoms. The second kappa shape index (κ2) is 9.78. The summed E-state index contributed by atoms with van der Waals surface area (Å²) in [7, 11) is 0. The van der Waals surface area contributed by atoms with Crippen molar-refractivity contribution in [3.63, 3.8) is 0 Å². The van der Waals surface area contributed by atoms with E-state index in [1.165, 1.54) is 6.92 Å². The highest BCUT2D eigenvalue weighted by atomic mass is 16.4. The summed E-state index contributed by atoms with van der Waals surface area (Å²) in [6.45, 7) is 4.87. The number of carbonyl (C=O) groups excluding carboxylic acids is 2. The Hall–Kier alpha value is -2.16. The van der Waals surface area contributed by atoms with Crippen molar-refractivity contribution < 1.29 is 29.4 Å². The molecule has 9 heteroatoms. The van der Waals surface area contributed by atoms with Crippen LogP contribution in [-0.4, -0.2) is 52.1 Å². The Labute approximate surface area is 134 Å². The number of nitrogens with one attached hydrogen (secondary N) is 2. The van der Waals surface area contributed by atoms with Crippen LogP contribution in [0.5, 0.6) is 0 Å². The van der Waals surface area contributed by atoms with Crippen LogP contribution in [0.2, 0.25) is 0 Å². The van der Waals surface area contributed by atoms with Crippen molar-refractivity contribution >= 4 is 23.8 Å². The number of carboxylic acids is 2. The Bertz CT molecular complexity index is 452. The Morgan fingerprint density at radius 2 is 1.61 bits per heavy atom. The number of hydrogen-bond donors (Lipinski definition) is 5. The molecule has 6 N–H and O–H groups in total. The summed E-state index contributed by atoms with van der Waals surface area (Å²) < 4.78 is 0. The fraction of sp³-hybridized carbons (Fsp3) is 0.714. The summed E-state index contributed by atoms with van der Waals surface area (Å²) >= 11 is 0. The van der Waals surface area contributed by atoms with Crippen molar-refractivity contribution in [3.05, 3.63) is 0 Å². The topological polar surface area (TPSA) is 159 Å². The minimum Gasteiger partial charge on any atom is -0.481 e. The lowest BCUT2D eigenvalue weighted by atomic mass is 9.98. The van der Waals surface area contributed by atoms with E-state index in [0.29, 0.717) is 6.42 Å². The molecule has 0 aromatic heterocycles. The minimum absolute atomic E-state index is 0.160. The van der Waals surface area contributed by atoms with Crippen molar-refractivity contribution in [3.8, 4) is 0 Å². The van der Waals surface area contributed by atoms with Gasteiger partial charge in [-0.2, -0.15) is 0 Å². The molecule has 0 aromatic rings. The summed E-state index contributed by atoms with van der Waals surface area (Å²) in [6, 6.07) is -3.15. The van der Waals surface area contributed by atoms with Crippen LogP contribution in [0.25, 0.3) is 0 Å². The largest absolute Gasteiger partial charge is 0.481 e. The van der Waals surface area contributed by atoms with Crippen LogP contribution in [0.1, 0.15) is 40.0 Å². The fourth-order valence-electron chi connectivity index (χ4n) is 1.78. The molecule has 0 aliphatic rings. The van der Waals surface area contributed by atoms with Gasteiger partial charge in [0.1, 0.15) is 12.1 Å². The highest BCUT2D eigenvalue weighted by Crippen LogP contribution is 2.09. The number of hydrogen-bond acceptors (Lipinski definition) is 5. The summed E-state index contributed by atoms with van der Waals surface area (Å²) in [5.41, 5.74) is 5.41. The van der Waals surface area contributed by atoms with Gasteiger partial charge in [0.15, 0.2) is 0 Å². The first-order valence-electron chi connectivity index (χ1n) is 7.41. The lowest BCUT2D eigenvalue weighted by molar-refractivity contribution is -0.144. The zero-order valence-electron chi connectivity index (χ0n) is 13.5. The Morgan fingerprint density at radius 1 is 1.04 bits per heavy atom. The molecule has 0 saturated carbocycles. The first-order chi connectivity index (χ1) is 10.6. The number of carbonyl (C=O) groups is 4. The molecule has 0 radical (unpaired) electrons. The number of aliphatic carboxylic acids is 2. The third-order valence-corrected chi connectivity index (χ3v) is 3.47. The standard InChI is InChI=1S/C14H25N3O6/c1-4-7(2)11(14(22)23)17-13(21)9(5-6-10(18)19)16-12(20)8(3)15/h7-9,11H,4-6,15H2,1-3H3,(H,16,20)(H,17,21)(H,18,19)(H,22,23)/t7-,8-,9-,11-/m0/s1. The van der Waals surface area contributed by atoms with Crippen molar-refractivity contribution in [2.45, 2.75) is 58.2 Å². The molecule has 132 valence electrons. The maximum Gasteiger partial charge on any atom is 0.326 e.